The number of hydrogen-bond acceptors (Lipinski definition) is 1. The van der Waals surface area contributed by atoms with Crippen molar-refractivity contribution in [3.63, 3.8) is 0 Å². The van der Waals surface area contributed by atoms with Crippen molar-refractivity contribution < 1.29 is 13.2 Å². The summed E-state index contributed by atoms with van der Waals surface area (Å²) >= 11 is 3.26. The largest absolute Gasteiger partial charge is 0.404 e. The molecular weight excluding hydrogens is 295 g/mol. The molecule has 0 saturated heterocycles. The lowest BCUT2D eigenvalue weighted by atomic mass is 10.1. The Morgan fingerprint density at radius 2 is 1.94 bits per heavy atom. The van der Waals surface area contributed by atoms with Crippen LogP contribution in [0.2, 0.25) is 0 Å². The van der Waals surface area contributed by atoms with Crippen molar-refractivity contribution in [2.45, 2.75) is 32.0 Å². The number of halogens is 4. The molecule has 96 valence electrons. The van der Waals surface area contributed by atoms with Gasteiger partial charge in [-0.2, -0.15) is 13.2 Å². The second kappa shape index (κ2) is 6.40. The Morgan fingerprint density at radius 3 is 2.47 bits per heavy atom. The molecule has 1 nitrogen and oxygen atoms in total. The van der Waals surface area contributed by atoms with E-state index in [2.05, 4.69) is 21.2 Å². The minimum Gasteiger partial charge on any atom is -0.306 e. The summed E-state index contributed by atoms with van der Waals surface area (Å²) in [6.07, 6.45) is -3.59. The molecule has 0 aliphatic carbocycles. The lowest BCUT2D eigenvalue weighted by molar-refractivity contribution is -0.155. The van der Waals surface area contributed by atoms with E-state index in [1.807, 2.05) is 6.92 Å². The van der Waals surface area contributed by atoms with Gasteiger partial charge >= 0.3 is 6.18 Å². The van der Waals surface area contributed by atoms with Gasteiger partial charge in [0.15, 0.2) is 0 Å². The molecule has 0 saturated carbocycles. The zero-order valence-electron chi connectivity index (χ0n) is 9.52. The van der Waals surface area contributed by atoms with E-state index in [9.17, 15) is 13.2 Å². The molecule has 1 atom stereocenters. The van der Waals surface area contributed by atoms with Gasteiger partial charge in [-0.15, -0.1) is 0 Å². The molecule has 1 aromatic rings. The van der Waals surface area contributed by atoms with Gasteiger partial charge in [0, 0.05) is 4.47 Å². The zero-order chi connectivity index (χ0) is 12.9. The van der Waals surface area contributed by atoms with Gasteiger partial charge in [0.2, 0.25) is 0 Å². The normalized spacial score (nSPS) is 13.7. The third-order valence-electron chi connectivity index (χ3n) is 2.42. The Morgan fingerprint density at radius 1 is 1.29 bits per heavy atom. The van der Waals surface area contributed by atoms with Crippen LogP contribution in [-0.4, -0.2) is 18.8 Å². The highest BCUT2D eigenvalue weighted by Gasteiger charge is 2.39. The first kappa shape index (κ1) is 14.5. The Hall–Kier alpha value is -0.550. The minimum absolute atomic E-state index is 0.0507. The summed E-state index contributed by atoms with van der Waals surface area (Å²) in [5.41, 5.74) is 0.665. The van der Waals surface area contributed by atoms with Gasteiger partial charge in [0.05, 0.1) is 0 Å². The fraction of sp³-hybridized carbons (Fsp3) is 0.500. The van der Waals surface area contributed by atoms with E-state index in [1.54, 1.807) is 24.3 Å². The smallest absolute Gasteiger partial charge is 0.306 e. The summed E-state index contributed by atoms with van der Waals surface area (Å²) < 4.78 is 39.1. The molecule has 0 bridgehead atoms. The van der Waals surface area contributed by atoms with Crippen molar-refractivity contribution in [2.24, 2.45) is 0 Å². The first-order chi connectivity index (χ1) is 7.95. The van der Waals surface area contributed by atoms with Crippen molar-refractivity contribution in [1.82, 2.24) is 5.32 Å². The standard InChI is InChI=1S/C12H15BrF3N/c1-2-7-17-11(12(14,15)16)8-9-5-3-4-6-10(9)13/h3-6,11,17H,2,7-8H2,1H3. The maximum absolute atomic E-state index is 12.8. The van der Waals surface area contributed by atoms with E-state index in [4.69, 9.17) is 0 Å². The third-order valence-corrected chi connectivity index (χ3v) is 3.19. The fourth-order valence-electron chi connectivity index (χ4n) is 1.51. The molecule has 0 aliphatic heterocycles. The summed E-state index contributed by atoms with van der Waals surface area (Å²) in [5, 5.41) is 2.54. The van der Waals surface area contributed by atoms with Gasteiger partial charge in [-0.25, -0.2) is 0 Å². The maximum Gasteiger partial charge on any atom is 0.404 e. The van der Waals surface area contributed by atoms with Crippen LogP contribution in [0.5, 0.6) is 0 Å². The second-order valence-electron chi connectivity index (χ2n) is 3.84. The first-order valence-electron chi connectivity index (χ1n) is 5.48. The quantitative estimate of drug-likeness (QED) is 0.869. The van der Waals surface area contributed by atoms with Crippen LogP contribution in [0.3, 0.4) is 0 Å². The van der Waals surface area contributed by atoms with Crippen LogP contribution in [0, 0.1) is 0 Å². The monoisotopic (exact) mass is 309 g/mol. The molecule has 17 heavy (non-hydrogen) atoms. The molecule has 0 radical (unpaired) electrons. The van der Waals surface area contributed by atoms with E-state index in [-0.39, 0.29) is 6.42 Å². The lowest BCUT2D eigenvalue weighted by Gasteiger charge is -2.22. The van der Waals surface area contributed by atoms with Crippen LogP contribution >= 0.6 is 15.9 Å². The Balaban J connectivity index is 2.76. The number of hydrogen-bond donors (Lipinski definition) is 1. The van der Waals surface area contributed by atoms with Crippen LogP contribution in [0.25, 0.3) is 0 Å². The summed E-state index contributed by atoms with van der Waals surface area (Å²) in [4.78, 5) is 0. The first-order valence-corrected chi connectivity index (χ1v) is 6.28. The molecule has 0 fully saturated rings. The minimum atomic E-state index is -4.22. The van der Waals surface area contributed by atoms with Crippen molar-refractivity contribution >= 4 is 15.9 Å². The Bertz CT molecular complexity index is 352. The van der Waals surface area contributed by atoms with Crippen molar-refractivity contribution in [1.29, 1.82) is 0 Å². The summed E-state index contributed by atoms with van der Waals surface area (Å²) in [7, 11) is 0. The topological polar surface area (TPSA) is 12.0 Å². The van der Waals surface area contributed by atoms with Crippen LogP contribution in [0.15, 0.2) is 28.7 Å². The average Bonchev–Trinajstić information content (AvgIpc) is 2.25. The maximum atomic E-state index is 12.8. The molecule has 0 amide bonds. The molecule has 1 N–H and O–H groups in total. The number of rotatable bonds is 5. The summed E-state index contributed by atoms with van der Waals surface area (Å²) in [6.45, 7) is 2.22. The van der Waals surface area contributed by atoms with Gasteiger partial charge in [0.25, 0.3) is 0 Å². The van der Waals surface area contributed by atoms with Gasteiger partial charge in [-0.1, -0.05) is 41.1 Å². The SMILES string of the molecule is CCCNC(Cc1ccccc1Br)C(F)(F)F. The van der Waals surface area contributed by atoms with E-state index in [0.29, 0.717) is 23.0 Å². The zero-order valence-corrected chi connectivity index (χ0v) is 11.1. The van der Waals surface area contributed by atoms with Crippen LogP contribution < -0.4 is 5.32 Å². The van der Waals surface area contributed by atoms with E-state index in [1.165, 1.54) is 0 Å². The van der Waals surface area contributed by atoms with Crippen LogP contribution in [0.1, 0.15) is 18.9 Å². The fourth-order valence-corrected chi connectivity index (χ4v) is 1.95. The van der Waals surface area contributed by atoms with Gasteiger partial charge in [-0.3, -0.25) is 0 Å². The van der Waals surface area contributed by atoms with Crippen LogP contribution in [0.4, 0.5) is 13.2 Å². The highest BCUT2D eigenvalue weighted by Crippen LogP contribution is 2.26. The van der Waals surface area contributed by atoms with Crippen molar-refractivity contribution in [3.05, 3.63) is 34.3 Å². The molecule has 1 rings (SSSR count). The molecular formula is C12H15BrF3N. The van der Waals surface area contributed by atoms with E-state index in [0.717, 1.165) is 0 Å². The molecule has 5 heteroatoms. The summed E-state index contributed by atoms with van der Waals surface area (Å²) in [5.74, 6) is 0. The predicted molar refractivity (Wildman–Crippen MR) is 66.0 cm³/mol. The molecule has 0 aliphatic rings. The van der Waals surface area contributed by atoms with E-state index < -0.39 is 12.2 Å². The highest BCUT2D eigenvalue weighted by atomic mass is 79.9. The summed E-state index contributed by atoms with van der Waals surface area (Å²) in [6, 6.07) is 5.50. The van der Waals surface area contributed by atoms with Crippen LogP contribution in [-0.2, 0) is 6.42 Å². The molecule has 0 heterocycles. The molecule has 0 aromatic heterocycles. The van der Waals surface area contributed by atoms with Crippen molar-refractivity contribution in [2.75, 3.05) is 6.54 Å². The molecule has 0 spiro atoms. The lowest BCUT2D eigenvalue weighted by Crippen LogP contribution is -2.44. The average molecular weight is 310 g/mol. The number of alkyl halides is 3. The van der Waals surface area contributed by atoms with Gasteiger partial charge in [-0.05, 0) is 31.0 Å². The molecule has 1 unspecified atom stereocenters. The number of nitrogens with one attached hydrogen (secondary N) is 1. The third kappa shape index (κ3) is 4.68. The second-order valence-corrected chi connectivity index (χ2v) is 4.70. The Kier molecular flexibility index (Phi) is 5.46. The molecule has 1 aromatic carbocycles. The van der Waals surface area contributed by atoms with Gasteiger partial charge < -0.3 is 5.32 Å². The van der Waals surface area contributed by atoms with E-state index >= 15 is 0 Å². The number of benzene rings is 1. The predicted octanol–water partition coefficient (Wildman–Crippen LogP) is 3.92. The van der Waals surface area contributed by atoms with Gasteiger partial charge in [0.1, 0.15) is 6.04 Å². The Labute approximate surface area is 108 Å². The van der Waals surface area contributed by atoms with Crippen molar-refractivity contribution in [3.8, 4) is 0 Å². The highest BCUT2D eigenvalue weighted by molar-refractivity contribution is 9.10.